The average Bonchev–Trinajstić information content (AvgIpc) is 2.69. The smallest absolute Gasteiger partial charge is 0.315 e. The van der Waals surface area contributed by atoms with Crippen LogP contribution in [0.1, 0.15) is 26.3 Å². The maximum atomic E-state index is 12.2. The van der Waals surface area contributed by atoms with Crippen LogP contribution >= 0.6 is 11.8 Å². The minimum absolute atomic E-state index is 0.0158. The van der Waals surface area contributed by atoms with Gasteiger partial charge in [-0.25, -0.2) is 0 Å². The summed E-state index contributed by atoms with van der Waals surface area (Å²) in [5.41, 5.74) is 3.14. The van der Waals surface area contributed by atoms with Crippen molar-refractivity contribution in [3.8, 4) is 0 Å². The van der Waals surface area contributed by atoms with Crippen molar-refractivity contribution in [1.82, 2.24) is 0 Å². The van der Waals surface area contributed by atoms with E-state index in [1.807, 2.05) is 19.2 Å². The van der Waals surface area contributed by atoms with E-state index in [9.17, 15) is 9.59 Å². The Hall–Kier alpha value is -1.75. The van der Waals surface area contributed by atoms with Crippen LogP contribution in [0.15, 0.2) is 36.0 Å². The zero-order chi connectivity index (χ0) is 17.0. The number of likely N-dealkylation sites (N-methyl/N-ethyl adjacent to an activating group) is 1. The van der Waals surface area contributed by atoms with Crippen LogP contribution < -0.4 is 4.90 Å². The fourth-order valence-corrected chi connectivity index (χ4v) is 3.53. The van der Waals surface area contributed by atoms with E-state index in [0.717, 1.165) is 11.4 Å². The van der Waals surface area contributed by atoms with Gasteiger partial charge >= 0.3 is 5.97 Å². The quantitative estimate of drug-likeness (QED) is 0.591. The van der Waals surface area contributed by atoms with Gasteiger partial charge in [-0.3, -0.25) is 9.59 Å². The number of fused-ring (bicyclic) bond motifs is 1. The molecule has 0 aliphatic carbocycles. The normalized spacial score (nSPS) is 17.2. The van der Waals surface area contributed by atoms with E-state index in [0.29, 0.717) is 6.61 Å². The number of esters is 1. The van der Waals surface area contributed by atoms with Gasteiger partial charge in [-0.15, -0.1) is 11.8 Å². The molecule has 1 aliphatic rings. The van der Waals surface area contributed by atoms with Crippen molar-refractivity contribution in [2.24, 2.45) is 0 Å². The van der Waals surface area contributed by atoms with Crippen molar-refractivity contribution in [1.29, 1.82) is 0 Å². The number of hydrogen-bond acceptors (Lipinski definition) is 5. The first-order chi connectivity index (χ1) is 10.9. The Bertz CT molecular complexity index is 637. The van der Waals surface area contributed by atoms with Crippen molar-refractivity contribution in [2.75, 3.05) is 30.1 Å². The minimum atomic E-state index is -0.274. The largest absolute Gasteiger partial charge is 0.465 e. The number of nitrogens with zero attached hydrogens (tertiary/aromatic N) is 1. The maximum absolute atomic E-state index is 12.2. The Morgan fingerprint density at radius 3 is 2.61 bits per heavy atom. The van der Waals surface area contributed by atoms with Crippen molar-refractivity contribution >= 4 is 29.2 Å². The Balaban J connectivity index is 2.05. The molecule has 0 amide bonds. The number of anilines is 1. The van der Waals surface area contributed by atoms with Crippen molar-refractivity contribution in [3.63, 3.8) is 0 Å². The Kier molecular flexibility index (Phi) is 5.52. The molecule has 0 aromatic heterocycles. The van der Waals surface area contributed by atoms with Gasteiger partial charge in [-0.2, -0.15) is 0 Å². The molecule has 0 saturated heterocycles. The molecule has 1 heterocycles. The zero-order valence-electron chi connectivity index (χ0n) is 14.1. The number of benzene rings is 1. The fourth-order valence-electron chi connectivity index (χ4n) is 2.89. The molecule has 1 aromatic rings. The standard InChI is InChI=1S/C18H23NO3S/c1-5-22-17(21)12-23-11-13(20)10-16-18(2,3)14-8-6-7-9-15(14)19(16)4/h6-10H,5,11-12H2,1-4H3/b16-10+. The van der Waals surface area contributed by atoms with Gasteiger partial charge in [0.25, 0.3) is 0 Å². The molecule has 1 aliphatic heterocycles. The number of ether oxygens (including phenoxy) is 1. The maximum Gasteiger partial charge on any atom is 0.315 e. The Morgan fingerprint density at radius 1 is 1.26 bits per heavy atom. The van der Waals surface area contributed by atoms with Crippen molar-refractivity contribution in [3.05, 3.63) is 41.6 Å². The summed E-state index contributed by atoms with van der Waals surface area (Å²) >= 11 is 1.29. The van der Waals surface area contributed by atoms with Crippen LogP contribution in [-0.2, 0) is 19.7 Å². The lowest BCUT2D eigenvalue weighted by Gasteiger charge is -2.23. The van der Waals surface area contributed by atoms with E-state index >= 15 is 0 Å². The summed E-state index contributed by atoms with van der Waals surface area (Å²) in [6.45, 7) is 6.39. The average molecular weight is 333 g/mol. The highest BCUT2D eigenvalue weighted by atomic mass is 32.2. The first kappa shape index (κ1) is 17.6. The number of ketones is 1. The summed E-state index contributed by atoms with van der Waals surface area (Å²) in [4.78, 5) is 25.6. The van der Waals surface area contributed by atoms with Crippen LogP contribution in [0.25, 0.3) is 0 Å². The summed E-state index contributed by atoms with van der Waals surface area (Å²) in [7, 11) is 1.98. The molecule has 0 spiro atoms. The van der Waals surface area contributed by atoms with E-state index in [1.165, 1.54) is 17.3 Å². The summed E-state index contributed by atoms with van der Waals surface area (Å²) < 4.78 is 4.85. The minimum Gasteiger partial charge on any atom is -0.465 e. The van der Waals surface area contributed by atoms with Gasteiger partial charge in [0, 0.05) is 29.9 Å². The first-order valence-corrected chi connectivity index (χ1v) is 8.85. The van der Waals surface area contributed by atoms with Gasteiger partial charge in [0.1, 0.15) is 0 Å². The highest BCUT2D eigenvalue weighted by Crippen LogP contribution is 2.46. The molecule has 5 heteroatoms. The van der Waals surface area contributed by atoms with Gasteiger partial charge in [0.15, 0.2) is 5.78 Å². The summed E-state index contributed by atoms with van der Waals surface area (Å²) in [5.74, 6) is 0.232. The Morgan fingerprint density at radius 2 is 1.96 bits per heavy atom. The highest BCUT2D eigenvalue weighted by molar-refractivity contribution is 8.00. The van der Waals surface area contributed by atoms with E-state index in [2.05, 4.69) is 30.9 Å². The van der Waals surface area contributed by atoms with Gasteiger partial charge in [-0.1, -0.05) is 32.0 Å². The molecule has 0 saturated carbocycles. The van der Waals surface area contributed by atoms with Gasteiger partial charge in [-0.05, 0) is 18.6 Å². The van der Waals surface area contributed by atoms with E-state index in [-0.39, 0.29) is 28.7 Å². The van der Waals surface area contributed by atoms with Crippen LogP contribution in [0.4, 0.5) is 5.69 Å². The lowest BCUT2D eigenvalue weighted by Crippen LogP contribution is -2.24. The zero-order valence-corrected chi connectivity index (χ0v) is 14.9. The molecular weight excluding hydrogens is 310 g/mol. The van der Waals surface area contributed by atoms with Crippen LogP contribution in [0.2, 0.25) is 0 Å². The molecule has 2 rings (SSSR count). The number of para-hydroxylation sites is 1. The Labute approximate surface area is 141 Å². The molecule has 0 radical (unpaired) electrons. The van der Waals surface area contributed by atoms with Gasteiger partial charge < -0.3 is 9.64 Å². The number of allylic oxidation sites excluding steroid dienone is 2. The molecular formula is C18H23NO3S. The van der Waals surface area contributed by atoms with Crippen molar-refractivity contribution in [2.45, 2.75) is 26.2 Å². The van der Waals surface area contributed by atoms with Crippen LogP contribution in [0, 0.1) is 0 Å². The second-order valence-corrected chi connectivity index (χ2v) is 6.98. The van der Waals surface area contributed by atoms with Crippen molar-refractivity contribution < 1.29 is 14.3 Å². The number of rotatable bonds is 6. The summed E-state index contributed by atoms with van der Waals surface area (Å²) in [6, 6.07) is 8.20. The molecule has 0 atom stereocenters. The number of thioether (sulfide) groups is 1. The number of carbonyl (C=O) groups excluding carboxylic acids is 2. The molecule has 0 unspecified atom stereocenters. The number of hydrogen-bond donors (Lipinski definition) is 0. The van der Waals surface area contributed by atoms with Gasteiger partial charge in [0.2, 0.25) is 0 Å². The molecule has 0 fully saturated rings. The monoisotopic (exact) mass is 333 g/mol. The third-order valence-electron chi connectivity index (χ3n) is 4.01. The highest BCUT2D eigenvalue weighted by Gasteiger charge is 2.38. The topological polar surface area (TPSA) is 46.6 Å². The first-order valence-electron chi connectivity index (χ1n) is 7.69. The van der Waals surface area contributed by atoms with Crippen LogP contribution in [-0.4, -0.2) is 36.9 Å². The summed E-state index contributed by atoms with van der Waals surface area (Å²) in [5, 5.41) is 0. The van der Waals surface area contributed by atoms with E-state index in [4.69, 9.17) is 4.74 Å². The van der Waals surface area contributed by atoms with Crippen LogP contribution in [0.5, 0.6) is 0 Å². The molecule has 0 N–H and O–H groups in total. The van der Waals surface area contributed by atoms with Crippen LogP contribution in [0.3, 0.4) is 0 Å². The molecule has 0 bridgehead atoms. The lowest BCUT2D eigenvalue weighted by molar-refractivity contribution is -0.139. The van der Waals surface area contributed by atoms with E-state index in [1.54, 1.807) is 13.0 Å². The lowest BCUT2D eigenvalue weighted by atomic mass is 9.83. The number of carbonyl (C=O) groups is 2. The van der Waals surface area contributed by atoms with E-state index < -0.39 is 0 Å². The third-order valence-corrected chi connectivity index (χ3v) is 4.94. The second kappa shape index (κ2) is 7.21. The molecule has 124 valence electrons. The SMILES string of the molecule is CCOC(=O)CSCC(=O)/C=C1/N(C)c2ccccc2C1(C)C. The molecule has 23 heavy (non-hydrogen) atoms. The summed E-state index contributed by atoms with van der Waals surface area (Å²) in [6.07, 6.45) is 1.71. The molecule has 4 nitrogen and oxygen atoms in total. The van der Waals surface area contributed by atoms with Gasteiger partial charge in [0.05, 0.1) is 18.1 Å². The molecule has 1 aromatic carbocycles. The second-order valence-electron chi connectivity index (χ2n) is 5.99. The predicted octanol–water partition coefficient (Wildman–Crippen LogP) is 3.16. The predicted molar refractivity (Wildman–Crippen MR) is 94.9 cm³/mol. The fraction of sp³-hybridized carbons (Fsp3) is 0.444. The third kappa shape index (κ3) is 3.78.